The average Bonchev–Trinajstić information content (AvgIpc) is 3.10. The van der Waals surface area contributed by atoms with Crippen molar-refractivity contribution in [3.8, 4) is 0 Å². The van der Waals surface area contributed by atoms with Crippen molar-refractivity contribution >= 4 is 17.4 Å². The maximum Gasteiger partial charge on any atom is 0.322 e. The highest BCUT2D eigenvalue weighted by molar-refractivity contribution is 6.05. The molecule has 0 unspecified atom stereocenters. The summed E-state index contributed by atoms with van der Waals surface area (Å²) < 4.78 is 2.89. The van der Waals surface area contributed by atoms with E-state index >= 15 is 0 Å². The van der Waals surface area contributed by atoms with E-state index in [-0.39, 0.29) is 17.1 Å². The Hall–Kier alpha value is -3.49. The minimum atomic E-state index is -0.624. The summed E-state index contributed by atoms with van der Waals surface area (Å²) in [6.07, 6.45) is 1.74. The Labute approximate surface area is 149 Å². The maximum atomic E-state index is 12.5. The van der Waals surface area contributed by atoms with Crippen LogP contribution in [-0.2, 0) is 13.6 Å². The Balaban J connectivity index is 1.77. The van der Waals surface area contributed by atoms with Gasteiger partial charge >= 0.3 is 5.69 Å². The van der Waals surface area contributed by atoms with Crippen LogP contribution in [0, 0.1) is 24.0 Å². The average molecular weight is 354 g/mol. The molecule has 1 N–H and O–H groups in total. The predicted octanol–water partition coefficient (Wildman–Crippen LogP) is 2.44. The van der Waals surface area contributed by atoms with Crippen molar-refractivity contribution in [2.24, 2.45) is 7.05 Å². The van der Waals surface area contributed by atoms with E-state index in [9.17, 15) is 14.9 Å². The molecule has 0 fully saturated rings. The molecule has 1 amide bonds. The first kappa shape index (κ1) is 17.3. The number of nitrogens with zero attached hydrogens (tertiary/aromatic N) is 5. The number of nitrogens with one attached hydrogen (secondary N) is 1. The SMILES string of the molecule is Cc1cccc(Cn2ccc(NC(=O)c3c([N+](=O)[O-])c(C)nn3C)n2)c1. The van der Waals surface area contributed by atoms with Gasteiger partial charge in [0.05, 0.1) is 11.5 Å². The van der Waals surface area contributed by atoms with Crippen LogP contribution in [0.5, 0.6) is 0 Å². The molecule has 3 aromatic rings. The van der Waals surface area contributed by atoms with E-state index in [0.717, 1.165) is 11.1 Å². The van der Waals surface area contributed by atoms with Gasteiger partial charge in [0.2, 0.25) is 5.69 Å². The Bertz CT molecular complexity index is 988. The minimum absolute atomic E-state index is 0.110. The van der Waals surface area contributed by atoms with Crippen LogP contribution in [0.15, 0.2) is 36.5 Å². The summed E-state index contributed by atoms with van der Waals surface area (Å²) in [5.74, 6) is -0.309. The normalized spacial score (nSPS) is 10.7. The van der Waals surface area contributed by atoms with E-state index in [1.165, 1.54) is 18.7 Å². The lowest BCUT2D eigenvalue weighted by atomic mass is 10.1. The number of anilines is 1. The van der Waals surface area contributed by atoms with Gasteiger partial charge < -0.3 is 5.32 Å². The molecular formula is C17H18N6O3. The standard InChI is InChI=1S/C17H18N6O3/c1-11-5-4-6-13(9-11)10-22-8-7-14(20-22)18-17(24)16-15(23(25)26)12(2)19-21(16)3/h4-9H,10H2,1-3H3,(H,18,20,24). The van der Waals surface area contributed by atoms with Crippen molar-refractivity contribution in [1.82, 2.24) is 19.6 Å². The monoisotopic (exact) mass is 354 g/mol. The fourth-order valence-corrected chi connectivity index (χ4v) is 2.81. The zero-order valence-electron chi connectivity index (χ0n) is 14.6. The number of aromatic nitrogens is 4. The lowest BCUT2D eigenvalue weighted by Gasteiger charge is -2.04. The molecule has 0 aliphatic heterocycles. The first-order valence-corrected chi connectivity index (χ1v) is 7.93. The van der Waals surface area contributed by atoms with Gasteiger partial charge in [0, 0.05) is 19.3 Å². The fourth-order valence-electron chi connectivity index (χ4n) is 2.81. The van der Waals surface area contributed by atoms with Crippen LogP contribution < -0.4 is 5.32 Å². The summed E-state index contributed by atoms with van der Waals surface area (Å²) in [6, 6.07) is 9.68. The molecule has 0 aliphatic rings. The number of amides is 1. The van der Waals surface area contributed by atoms with E-state index < -0.39 is 10.8 Å². The van der Waals surface area contributed by atoms with Crippen LogP contribution in [0.25, 0.3) is 0 Å². The van der Waals surface area contributed by atoms with Crippen LogP contribution in [0.3, 0.4) is 0 Å². The van der Waals surface area contributed by atoms with Crippen LogP contribution >= 0.6 is 0 Å². The number of hydrogen-bond acceptors (Lipinski definition) is 5. The second kappa shape index (κ2) is 6.79. The molecule has 0 bridgehead atoms. The Morgan fingerprint density at radius 3 is 2.73 bits per heavy atom. The topological polar surface area (TPSA) is 108 Å². The van der Waals surface area contributed by atoms with E-state index in [1.54, 1.807) is 16.9 Å². The van der Waals surface area contributed by atoms with Crippen molar-refractivity contribution < 1.29 is 9.72 Å². The zero-order chi connectivity index (χ0) is 18.8. The van der Waals surface area contributed by atoms with Crippen molar-refractivity contribution in [2.45, 2.75) is 20.4 Å². The number of rotatable bonds is 5. The summed E-state index contributed by atoms with van der Waals surface area (Å²) in [7, 11) is 1.49. The number of carbonyl (C=O) groups is 1. The molecular weight excluding hydrogens is 336 g/mol. The van der Waals surface area contributed by atoms with Gasteiger partial charge in [-0.15, -0.1) is 0 Å². The number of benzene rings is 1. The summed E-state index contributed by atoms with van der Waals surface area (Å²) in [6.45, 7) is 4.06. The van der Waals surface area contributed by atoms with Crippen LogP contribution in [0.1, 0.15) is 27.3 Å². The van der Waals surface area contributed by atoms with Crippen molar-refractivity contribution in [2.75, 3.05) is 5.32 Å². The third kappa shape index (κ3) is 3.46. The second-order valence-corrected chi connectivity index (χ2v) is 6.01. The van der Waals surface area contributed by atoms with E-state index in [2.05, 4.69) is 21.6 Å². The van der Waals surface area contributed by atoms with Gasteiger partial charge in [0.25, 0.3) is 5.91 Å². The van der Waals surface area contributed by atoms with Crippen LogP contribution in [0.2, 0.25) is 0 Å². The van der Waals surface area contributed by atoms with E-state index in [1.807, 2.05) is 25.1 Å². The Morgan fingerprint density at radius 2 is 2.04 bits per heavy atom. The summed E-state index contributed by atoms with van der Waals surface area (Å²) >= 11 is 0. The third-order valence-electron chi connectivity index (χ3n) is 3.90. The summed E-state index contributed by atoms with van der Waals surface area (Å²) in [5.41, 5.74) is 2.02. The molecule has 26 heavy (non-hydrogen) atoms. The molecule has 0 atom stereocenters. The quantitative estimate of drug-likeness (QED) is 0.559. The molecule has 134 valence electrons. The molecule has 3 rings (SSSR count). The molecule has 1 aromatic carbocycles. The van der Waals surface area contributed by atoms with Gasteiger partial charge in [0.15, 0.2) is 5.82 Å². The highest BCUT2D eigenvalue weighted by Gasteiger charge is 2.29. The highest BCUT2D eigenvalue weighted by atomic mass is 16.6. The summed E-state index contributed by atoms with van der Waals surface area (Å²) in [4.78, 5) is 23.1. The molecule has 0 saturated carbocycles. The Kier molecular flexibility index (Phi) is 4.53. The van der Waals surface area contributed by atoms with Crippen molar-refractivity contribution in [3.63, 3.8) is 0 Å². The van der Waals surface area contributed by atoms with Crippen LogP contribution in [0.4, 0.5) is 11.5 Å². The van der Waals surface area contributed by atoms with E-state index in [0.29, 0.717) is 12.4 Å². The van der Waals surface area contributed by atoms with Gasteiger partial charge in [-0.05, 0) is 19.4 Å². The van der Waals surface area contributed by atoms with E-state index in [4.69, 9.17) is 0 Å². The minimum Gasteiger partial charge on any atom is -0.304 e. The smallest absolute Gasteiger partial charge is 0.304 e. The Morgan fingerprint density at radius 1 is 1.27 bits per heavy atom. The first-order chi connectivity index (χ1) is 12.3. The first-order valence-electron chi connectivity index (χ1n) is 7.93. The zero-order valence-corrected chi connectivity index (χ0v) is 14.6. The van der Waals surface area contributed by atoms with Crippen molar-refractivity contribution in [3.05, 3.63) is 69.2 Å². The fraction of sp³-hybridized carbons (Fsp3) is 0.235. The second-order valence-electron chi connectivity index (χ2n) is 6.01. The van der Waals surface area contributed by atoms with Crippen LogP contribution in [-0.4, -0.2) is 30.4 Å². The van der Waals surface area contributed by atoms with Gasteiger partial charge in [-0.3, -0.25) is 24.3 Å². The molecule has 2 heterocycles. The molecule has 0 radical (unpaired) electrons. The lowest BCUT2D eigenvalue weighted by Crippen LogP contribution is -2.18. The molecule has 2 aromatic heterocycles. The molecule has 0 aliphatic carbocycles. The third-order valence-corrected chi connectivity index (χ3v) is 3.90. The van der Waals surface area contributed by atoms with Gasteiger partial charge in [0.1, 0.15) is 5.69 Å². The molecule has 0 spiro atoms. The lowest BCUT2D eigenvalue weighted by molar-refractivity contribution is -0.385. The number of aryl methyl sites for hydroxylation is 3. The van der Waals surface area contributed by atoms with Gasteiger partial charge in [-0.2, -0.15) is 10.2 Å². The predicted molar refractivity (Wildman–Crippen MR) is 95.1 cm³/mol. The summed E-state index contributed by atoms with van der Waals surface area (Å²) in [5, 5.41) is 22.0. The number of carbonyl (C=O) groups excluding carboxylic acids is 1. The number of hydrogen-bond donors (Lipinski definition) is 1. The van der Waals surface area contributed by atoms with Gasteiger partial charge in [-0.1, -0.05) is 29.8 Å². The molecule has 9 nitrogen and oxygen atoms in total. The van der Waals surface area contributed by atoms with Crippen molar-refractivity contribution in [1.29, 1.82) is 0 Å². The highest BCUT2D eigenvalue weighted by Crippen LogP contribution is 2.23. The van der Waals surface area contributed by atoms with Gasteiger partial charge in [-0.25, -0.2) is 0 Å². The maximum absolute atomic E-state index is 12.5. The molecule has 0 saturated heterocycles. The number of nitro groups is 1. The molecule has 9 heteroatoms. The largest absolute Gasteiger partial charge is 0.322 e.